The number of benzene rings is 1. The third-order valence-electron chi connectivity index (χ3n) is 2.19. The summed E-state index contributed by atoms with van der Waals surface area (Å²) in [6.07, 6.45) is 0. The highest BCUT2D eigenvalue weighted by atomic mass is 16.1. The number of rotatable bonds is 1. The van der Waals surface area contributed by atoms with Crippen LogP contribution in [0.3, 0.4) is 0 Å². The molecule has 0 radical (unpaired) electrons. The first-order valence-electron chi connectivity index (χ1n) is 4.53. The van der Waals surface area contributed by atoms with Gasteiger partial charge in [-0.05, 0) is 18.1 Å². The Labute approximate surface area is 82.2 Å². The molecule has 0 aliphatic heterocycles. The van der Waals surface area contributed by atoms with Crippen LogP contribution in [-0.4, -0.2) is 4.98 Å². The second kappa shape index (κ2) is 3.50. The zero-order valence-corrected chi connectivity index (χ0v) is 7.95. The van der Waals surface area contributed by atoms with Crippen LogP contribution < -0.4 is 5.56 Å². The summed E-state index contributed by atoms with van der Waals surface area (Å²) in [5.74, 6) is 0. The van der Waals surface area contributed by atoms with Gasteiger partial charge in [-0.25, -0.2) is 0 Å². The summed E-state index contributed by atoms with van der Waals surface area (Å²) in [6.45, 7) is 1.98. The molecule has 2 nitrogen and oxygen atoms in total. The van der Waals surface area contributed by atoms with Crippen LogP contribution in [-0.2, 0) is 0 Å². The lowest BCUT2D eigenvalue weighted by Gasteiger charge is -2.04. The fourth-order valence-electron chi connectivity index (χ4n) is 1.45. The fraction of sp³-hybridized carbons (Fsp3) is 0.0833. The second-order valence-corrected chi connectivity index (χ2v) is 3.25. The quantitative estimate of drug-likeness (QED) is 0.726. The Bertz CT molecular complexity index is 485. The van der Waals surface area contributed by atoms with Crippen molar-refractivity contribution >= 4 is 0 Å². The Morgan fingerprint density at radius 1 is 1.00 bits per heavy atom. The highest BCUT2D eigenvalue weighted by Crippen LogP contribution is 2.18. The van der Waals surface area contributed by atoms with Gasteiger partial charge in [-0.1, -0.05) is 36.4 Å². The Morgan fingerprint density at radius 2 is 1.71 bits per heavy atom. The number of aryl methyl sites for hydroxylation is 1. The van der Waals surface area contributed by atoms with Gasteiger partial charge in [-0.15, -0.1) is 0 Å². The molecule has 0 unspecified atom stereocenters. The normalized spacial score (nSPS) is 10.1. The van der Waals surface area contributed by atoms with E-state index in [0.717, 1.165) is 16.8 Å². The van der Waals surface area contributed by atoms with E-state index in [0.29, 0.717) is 0 Å². The van der Waals surface area contributed by atoms with Gasteiger partial charge in [0.05, 0.1) is 5.69 Å². The minimum atomic E-state index is -0.0607. The van der Waals surface area contributed by atoms with Crippen LogP contribution in [0.2, 0.25) is 0 Å². The Morgan fingerprint density at radius 3 is 2.43 bits per heavy atom. The number of hydrogen-bond donors (Lipinski definition) is 1. The van der Waals surface area contributed by atoms with Crippen molar-refractivity contribution in [1.82, 2.24) is 4.98 Å². The van der Waals surface area contributed by atoms with E-state index >= 15 is 0 Å². The molecule has 2 rings (SSSR count). The van der Waals surface area contributed by atoms with E-state index in [1.54, 1.807) is 6.07 Å². The first-order valence-corrected chi connectivity index (χ1v) is 4.53. The molecule has 1 aromatic heterocycles. The van der Waals surface area contributed by atoms with Gasteiger partial charge in [0.15, 0.2) is 0 Å². The molecule has 0 saturated heterocycles. The zero-order valence-electron chi connectivity index (χ0n) is 7.95. The van der Waals surface area contributed by atoms with E-state index in [-0.39, 0.29) is 5.56 Å². The SMILES string of the molecule is Cc1ccc(=O)[nH]c1-c1ccccc1. The lowest BCUT2D eigenvalue weighted by molar-refractivity contribution is 1.20. The molecule has 0 spiro atoms. The van der Waals surface area contributed by atoms with E-state index in [2.05, 4.69) is 4.98 Å². The van der Waals surface area contributed by atoms with Crippen LogP contribution in [0.15, 0.2) is 47.3 Å². The van der Waals surface area contributed by atoms with E-state index in [9.17, 15) is 4.79 Å². The van der Waals surface area contributed by atoms with Gasteiger partial charge in [0.2, 0.25) is 5.56 Å². The summed E-state index contributed by atoms with van der Waals surface area (Å²) < 4.78 is 0. The molecular weight excluding hydrogens is 174 g/mol. The lowest BCUT2D eigenvalue weighted by Crippen LogP contribution is -2.05. The van der Waals surface area contributed by atoms with E-state index in [4.69, 9.17) is 0 Å². The monoisotopic (exact) mass is 185 g/mol. The van der Waals surface area contributed by atoms with E-state index in [1.165, 1.54) is 0 Å². The lowest BCUT2D eigenvalue weighted by atomic mass is 10.1. The van der Waals surface area contributed by atoms with Crippen molar-refractivity contribution in [3.63, 3.8) is 0 Å². The molecule has 0 aliphatic rings. The summed E-state index contributed by atoms with van der Waals surface area (Å²) in [5.41, 5.74) is 2.96. The first kappa shape index (κ1) is 8.75. The van der Waals surface area contributed by atoms with Crippen LogP contribution in [0.25, 0.3) is 11.3 Å². The predicted octanol–water partition coefficient (Wildman–Crippen LogP) is 2.35. The molecule has 70 valence electrons. The van der Waals surface area contributed by atoms with Crippen molar-refractivity contribution in [1.29, 1.82) is 0 Å². The first-order chi connectivity index (χ1) is 6.77. The standard InChI is InChI=1S/C12H11NO/c1-9-7-8-11(14)13-12(9)10-5-3-2-4-6-10/h2-8H,1H3,(H,13,14). The van der Waals surface area contributed by atoms with Crippen molar-refractivity contribution in [3.05, 3.63) is 58.4 Å². The third kappa shape index (κ3) is 1.59. The average Bonchev–Trinajstić information content (AvgIpc) is 2.23. The average molecular weight is 185 g/mol. The van der Waals surface area contributed by atoms with Gasteiger partial charge < -0.3 is 4.98 Å². The molecule has 2 heteroatoms. The number of pyridine rings is 1. The topological polar surface area (TPSA) is 32.9 Å². The minimum Gasteiger partial charge on any atom is -0.322 e. The predicted molar refractivity (Wildman–Crippen MR) is 57.2 cm³/mol. The van der Waals surface area contributed by atoms with Crippen molar-refractivity contribution in [2.75, 3.05) is 0 Å². The molecular formula is C12H11NO. The Balaban J connectivity index is 2.62. The Hall–Kier alpha value is -1.83. The molecule has 1 aromatic carbocycles. The summed E-state index contributed by atoms with van der Waals surface area (Å²) in [4.78, 5) is 14.0. The van der Waals surface area contributed by atoms with Gasteiger partial charge in [0.25, 0.3) is 0 Å². The van der Waals surface area contributed by atoms with Gasteiger partial charge in [-0.3, -0.25) is 4.79 Å². The number of nitrogens with one attached hydrogen (secondary N) is 1. The van der Waals surface area contributed by atoms with Crippen LogP contribution in [0.1, 0.15) is 5.56 Å². The molecule has 0 amide bonds. The van der Waals surface area contributed by atoms with Crippen molar-refractivity contribution in [2.45, 2.75) is 6.92 Å². The zero-order chi connectivity index (χ0) is 9.97. The maximum atomic E-state index is 11.2. The van der Waals surface area contributed by atoms with Crippen LogP contribution in [0, 0.1) is 6.92 Å². The smallest absolute Gasteiger partial charge is 0.248 e. The highest BCUT2D eigenvalue weighted by Gasteiger charge is 2.00. The largest absolute Gasteiger partial charge is 0.322 e. The maximum absolute atomic E-state index is 11.2. The minimum absolute atomic E-state index is 0.0607. The molecule has 0 aliphatic carbocycles. The molecule has 1 N–H and O–H groups in total. The summed E-state index contributed by atoms with van der Waals surface area (Å²) >= 11 is 0. The number of aromatic amines is 1. The third-order valence-corrected chi connectivity index (χ3v) is 2.19. The molecule has 1 heterocycles. The number of H-pyrrole nitrogens is 1. The summed E-state index contributed by atoms with van der Waals surface area (Å²) in [7, 11) is 0. The van der Waals surface area contributed by atoms with Crippen molar-refractivity contribution < 1.29 is 0 Å². The van der Waals surface area contributed by atoms with E-state index in [1.807, 2.05) is 43.3 Å². The van der Waals surface area contributed by atoms with Crippen molar-refractivity contribution in [3.8, 4) is 11.3 Å². The van der Waals surface area contributed by atoms with Crippen molar-refractivity contribution in [2.24, 2.45) is 0 Å². The number of aromatic nitrogens is 1. The second-order valence-electron chi connectivity index (χ2n) is 3.25. The van der Waals surface area contributed by atoms with Gasteiger partial charge in [-0.2, -0.15) is 0 Å². The van der Waals surface area contributed by atoms with Gasteiger partial charge >= 0.3 is 0 Å². The van der Waals surface area contributed by atoms with E-state index < -0.39 is 0 Å². The Kier molecular flexibility index (Phi) is 2.19. The molecule has 2 aromatic rings. The molecule has 0 saturated carbocycles. The molecule has 0 fully saturated rings. The summed E-state index contributed by atoms with van der Waals surface area (Å²) in [5, 5.41) is 0. The fourth-order valence-corrected chi connectivity index (χ4v) is 1.45. The maximum Gasteiger partial charge on any atom is 0.248 e. The van der Waals surface area contributed by atoms with Crippen LogP contribution in [0.5, 0.6) is 0 Å². The molecule has 0 atom stereocenters. The summed E-state index contributed by atoms with van der Waals surface area (Å²) in [6, 6.07) is 13.2. The van der Waals surface area contributed by atoms with Gasteiger partial charge in [0, 0.05) is 6.07 Å². The van der Waals surface area contributed by atoms with Gasteiger partial charge in [0.1, 0.15) is 0 Å². The molecule has 0 bridgehead atoms. The highest BCUT2D eigenvalue weighted by molar-refractivity contribution is 5.62. The molecule has 14 heavy (non-hydrogen) atoms. The van der Waals surface area contributed by atoms with Crippen LogP contribution >= 0.6 is 0 Å². The number of hydrogen-bond acceptors (Lipinski definition) is 1. The van der Waals surface area contributed by atoms with Crippen LogP contribution in [0.4, 0.5) is 0 Å².